The number of aromatic nitrogens is 2. The van der Waals surface area contributed by atoms with Crippen molar-refractivity contribution in [3.8, 4) is 5.75 Å². The molecule has 0 atom stereocenters. The summed E-state index contributed by atoms with van der Waals surface area (Å²) in [4.78, 5) is 16.5. The van der Waals surface area contributed by atoms with Crippen LogP contribution in [-0.4, -0.2) is 23.2 Å². The number of hydrogen-bond acceptors (Lipinski definition) is 6. The average molecular weight is 338 g/mol. The zero-order chi connectivity index (χ0) is 17.6. The number of nitrogens with zero attached hydrogens (tertiary/aromatic N) is 2. The zero-order valence-corrected chi connectivity index (χ0v) is 13.9. The fraction of sp³-hybridized carbons (Fsp3) is 0.167. The van der Waals surface area contributed by atoms with Crippen molar-refractivity contribution in [3.63, 3.8) is 0 Å². The second-order valence-corrected chi connectivity index (χ2v) is 5.37. The van der Waals surface area contributed by atoms with Crippen LogP contribution in [0.2, 0.25) is 0 Å². The molecule has 25 heavy (non-hydrogen) atoms. The van der Waals surface area contributed by atoms with Crippen molar-refractivity contribution in [2.24, 2.45) is 0 Å². The molecule has 0 saturated heterocycles. The number of ether oxygens (including phenoxy) is 1. The first-order valence-electron chi connectivity index (χ1n) is 7.72. The summed E-state index contributed by atoms with van der Waals surface area (Å²) in [7, 11) is 1.60. The molecule has 0 saturated carbocycles. The van der Waals surface area contributed by atoms with Gasteiger partial charge in [0.1, 0.15) is 17.2 Å². The highest BCUT2D eigenvalue weighted by atomic mass is 16.5. The van der Waals surface area contributed by atoms with Gasteiger partial charge in [0.05, 0.1) is 7.11 Å². The number of amides is 1. The number of methoxy groups -OCH3 is 1. The van der Waals surface area contributed by atoms with Gasteiger partial charge in [0.25, 0.3) is 5.91 Å². The Morgan fingerprint density at radius 1 is 1.24 bits per heavy atom. The monoisotopic (exact) mass is 338 g/mol. The highest BCUT2D eigenvalue weighted by molar-refractivity contribution is 5.93. The molecular weight excluding hydrogens is 320 g/mol. The molecule has 2 aromatic heterocycles. The van der Waals surface area contributed by atoms with Gasteiger partial charge in [-0.3, -0.25) is 9.78 Å². The molecule has 0 aliphatic carbocycles. The van der Waals surface area contributed by atoms with Gasteiger partial charge in [0, 0.05) is 30.1 Å². The molecule has 7 heteroatoms. The van der Waals surface area contributed by atoms with E-state index in [2.05, 4.69) is 20.8 Å². The Morgan fingerprint density at radius 2 is 2.08 bits per heavy atom. The molecule has 0 radical (unpaired) electrons. The normalized spacial score (nSPS) is 10.3. The average Bonchev–Trinajstić information content (AvgIpc) is 3.04. The fourth-order valence-electron chi connectivity index (χ4n) is 2.32. The predicted octanol–water partition coefficient (Wildman–Crippen LogP) is 3.06. The summed E-state index contributed by atoms with van der Waals surface area (Å²) in [5.74, 6) is 1.73. The number of aryl methyl sites for hydroxylation is 1. The SMILES string of the molecule is COc1ccccc1CNC(=O)c1cc(Nc2cc(C)on2)ccn1. The molecule has 0 spiro atoms. The number of hydrogen-bond donors (Lipinski definition) is 2. The van der Waals surface area contributed by atoms with E-state index in [0.29, 0.717) is 29.5 Å². The lowest BCUT2D eigenvalue weighted by Gasteiger charge is -2.10. The van der Waals surface area contributed by atoms with Crippen molar-refractivity contribution in [2.75, 3.05) is 12.4 Å². The highest BCUT2D eigenvalue weighted by Crippen LogP contribution is 2.18. The van der Waals surface area contributed by atoms with E-state index in [1.807, 2.05) is 31.2 Å². The van der Waals surface area contributed by atoms with E-state index >= 15 is 0 Å². The standard InChI is InChI=1S/C18H18N4O3/c1-12-9-17(22-25-12)21-14-7-8-19-15(10-14)18(23)20-11-13-5-3-4-6-16(13)24-2/h3-10H,11H2,1-2H3,(H,20,23)(H,19,21,22). The second kappa shape index (κ2) is 7.48. The van der Waals surface area contributed by atoms with Crippen LogP contribution in [0.4, 0.5) is 11.5 Å². The summed E-state index contributed by atoms with van der Waals surface area (Å²) in [5, 5.41) is 9.77. The van der Waals surface area contributed by atoms with E-state index in [1.165, 1.54) is 0 Å². The Kier molecular flexibility index (Phi) is 4.94. The first kappa shape index (κ1) is 16.5. The fourth-order valence-corrected chi connectivity index (χ4v) is 2.32. The Balaban J connectivity index is 1.67. The van der Waals surface area contributed by atoms with Crippen molar-refractivity contribution in [1.82, 2.24) is 15.5 Å². The quantitative estimate of drug-likeness (QED) is 0.718. The first-order chi connectivity index (χ1) is 12.2. The molecule has 0 fully saturated rings. The lowest BCUT2D eigenvalue weighted by molar-refractivity contribution is 0.0945. The molecule has 0 unspecified atom stereocenters. The Bertz CT molecular complexity index is 876. The van der Waals surface area contributed by atoms with Gasteiger partial charge in [-0.1, -0.05) is 23.4 Å². The van der Waals surface area contributed by atoms with E-state index in [-0.39, 0.29) is 5.91 Å². The molecule has 1 amide bonds. The number of para-hydroxylation sites is 1. The summed E-state index contributed by atoms with van der Waals surface area (Å²) in [6.07, 6.45) is 1.56. The summed E-state index contributed by atoms with van der Waals surface area (Å²) in [6, 6.07) is 12.7. The molecular formula is C18H18N4O3. The molecule has 2 heterocycles. The number of rotatable bonds is 6. The van der Waals surface area contributed by atoms with Gasteiger partial charge in [0.2, 0.25) is 0 Å². The maximum atomic E-state index is 12.4. The number of carbonyl (C=O) groups excluding carboxylic acids is 1. The smallest absolute Gasteiger partial charge is 0.270 e. The maximum Gasteiger partial charge on any atom is 0.270 e. The number of benzene rings is 1. The lowest BCUT2D eigenvalue weighted by atomic mass is 10.2. The largest absolute Gasteiger partial charge is 0.496 e. The van der Waals surface area contributed by atoms with Crippen LogP contribution in [0.3, 0.4) is 0 Å². The molecule has 1 aromatic carbocycles. The van der Waals surface area contributed by atoms with Crippen LogP contribution in [0.5, 0.6) is 5.75 Å². The number of pyridine rings is 1. The van der Waals surface area contributed by atoms with Gasteiger partial charge in [-0.2, -0.15) is 0 Å². The van der Waals surface area contributed by atoms with Gasteiger partial charge in [-0.25, -0.2) is 0 Å². The summed E-state index contributed by atoms with van der Waals surface area (Å²) in [5.41, 5.74) is 1.90. The van der Waals surface area contributed by atoms with Crippen LogP contribution in [0.15, 0.2) is 53.2 Å². The van der Waals surface area contributed by atoms with E-state index in [0.717, 1.165) is 11.3 Å². The molecule has 128 valence electrons. The summed E-state index contributed by atoms with van der Waals surface area (Å²) < 4.78 is 10.3. The van der Waals surface area contributed by atoms with Gasteiger partial charge < -0.3 is 19.9 Å². The summed E-state index contributed by atoms with van der Waals surface area (Å²) >= 11 is 0. The number of carbonyl (C=O) groups is 1. The van der Waals surface area contributed by atoms with E-state index in [4.69, 9.17) is 9.26 Å². The molecule has 0 bridgehead atoms. The van der Waals surface area contributed by atoms with Crippen LogP contribution in [0, 0.1) is 6.92 Å². The Labute approximate surface area is 145 Å². The second-order valence-electron chi connectivity index (χ2n) is 5.37. The highest BCUT2D eigenvalue weighted by Gasteiger charge is 2.10. The molecule has 7 nitrogen and oxygen atoms in total. The van der Waals surface area contributed by atoms with E-state index < -0.39 is 0 Å². The van der Waals surface area contributed by atoms with Gasteiger partial charge in [-0.05, 0) is 25.1 Å². The van der Waals surface area contributed by atoms with Crippen LogP contribution in [0.25, 0.3) is 0 Å². The van der Waals surface area contributed by atoms with Crippen LogP contribution in [-0.2, 0) is 6.54 Å². The maximum absolute atomic E-state index is 12.4. The van der Waals surface area contributed by atoms with Crippen LogP contribution >= 0.6 is 0 Å². The topological polar surface area (TPSA) is 89.3 Å². The molecule has 0 aliphatic heterocycles. The third-order valence-corrected chi connectivity index (χ3v) is 3.52. The summed E-state index contributed by atoms with van der Waals surface area (Å²) in [6.45, 7) is 2.16. The molecule has 2 N–H and O–H groups in total. The number of nitrogens with one attached hydrogen (secondary N) is 2. The molecule has 3 rings (SSSR count). The Hall–Kier alpha value is -3.35. The lowest BCUT2D eigenvalue weighted by Crippen LogP contribution is -2.24. The van der Waals surface area contributed by atoms with Gasteiger partial charge in [0.15, 0.2) is 5.82 Å². The third-order valence-electron chi connectivity index (χ3n) is 3.52. The number of anilines is 2. The van der Waals surface area contributed by atoms with E-state index in [1.54, 1.807) is 31.5 Å². The van der Waals surface area contributed by atoms with Crippen molar-refractivity contribution in [2.45, 2.75) is 13.5 Å². The first-order valence-corrected chi connectivity index (χ1v) is 7.72. The minimum atomic E-state index is -0.272. The van der Waals surface area contributed by atoms with Crippen LogP contribution in [0.1, 0.15) is 21.8 Å². The van der Waals surface area contributed by atoms with Crippen molar-refractivity contribution in [3.05, 3.63) is 65.7 Å². The third kappa shape index (κ3) is 4.14. The van der Waals surface area contributed by atoms with Crippen LogP contribution < -0.4 is 15.4 Å². The van der Waals surface area contributed by atoms with Gasteiger partial charge in [-0.15, -0.1) is 0 Å². The van der Waals surface area contributed by atoms with Crippen molar-refractivity contribution in [1.29, 1.82) is 0 Å². The van der Waals surface area contributed by atoms with Crippen molar-refractivity contribution < 1.29 is 14.1 Å². The molecule has 0 aliphatic rings. The predicted molar refractivity (Wildman–Crippen MR) is 92.9 cm³/mol. The zero-order valence-electron chi connectivity index (χ0n) is 13.9. The van der Waals surface area contributed by atoms with Gasteiger partial charge >= 0.3 is 0 Å². The van der Waals surface area contributed by atoms with Crippen molar-refractivity contribution >= 4 is 17.4 Å². The molecule has 3 aromatic rings. The Morgan fingerprint density at radius 3 is 2.84 bits per heavy atom. The minimum Gasteiger partial charge on any atom is -0.496 e. The van der Waals surface area contributed by atoms with E-state index in [9.17, 15) is 4.79 Å². The minimum absolute atomic E-state index is 0.272.